The molecule has 5 heteroatoms. The Hall–Kier alpha value is -1.62. The molecule has 0 bridgehead atoms. The van der Waals surface area contributed by atoms with E-state index in [2.05, 4.69) is 15.9 Å². The molecule has 0 saturated carbocycles. The smallest absolute Gasteiger partial charge is 0.246 e. The van der Waals surface area contributed by atoms with E-state index in [1.54, 1.807) is 11.0 Å². The van der Waals surface area contributed by atoms with E-state index in [9.17, 15) is 9.59 Å². The maximum absolute atomic E-state index is 12.3. The fourth-order valence-electron chi connectivity index (χ4n) is 2.48. The first-order valence-corrected chi connectivity index (χ1v) is 8.59. The van der Waals surface area contributed by atoms with Gasteiger partial charge in [0.15, 0.2) is 0 Å². The Labute approximate surface area is 146 Å². The van der Waals surface area contributed by atoms with Crippen molar-refractivity contribution in [1.82, 2.24) is 9.80 Å². The average Bonchev–Trinajstić information content (AvgIpc) is 2.52. The second-order valence-corrected chi connectivity index (χ2v) is 7.58. The SMILES string of the molecule is CC(C)(C)C(=O)N1CCN(C(=O)/C=C/c2ccccc2Br)CC1. The number of piperazine rings is 1. The number of nitrogens with zero attached hydrogens (tertiary/aromatic N) is 2. The summed E-state index contributed by atoms with van der Waals surface area (Å²) in [7, 11) is 0. The highest BCUT2D eigenvalue weighted by Gasteiger charge is 2.30. The van der Waals surface area contributed by atoms with Gasteiger partial charge in [-0.05, 0) is 17.7 Å². The molecule has 1 aliphatic rings. The molecular weight excluding hydrogens is 356 g/mol. The molecule has 1 aromatic carbocycles. The van der Waals surface area contributed by atoms with Crippen LogP contribution >= 0.6 is 15.9 Å². The minimum Gasteiger partial charge on any atom is -0.339 e. The van der Waals surface area contributed by atoms with E-state index in [0.717, 1.165) is 10.0 Å². The Morgan fingerprint density at radius 1 is 1.04 bits per heavy atom. The number of carbonyl (C=O) groups is 2. The van der Waals surface area contributed by atoms with Crippen LogP contribution in [0.2, 0.25) is 0 Å². The lowest BCUT2D eigenvalue weighted by molar-refractivity contribution is -0.143. The highest BCUT2D eigenvalue weighted by molar-refractivity contribution is 9.10. The van der Waals surface area contributed by atoms with Crippen LogP contribution in [0, 0.1) is 5.41 Å². The van der Waals surface area contributed by atoms with Gasteiger partial charge in [0, 0.05) is 42.1 Å². The number of amides is 2. The summed E-state index contributed by atoms with van der Waals surface area (Å²) in [6, 6.07) is 7.77. The molecule has 1 fully saturated rings. The van der Waals surface area contributed by atoms with Crippen molar-refractivity contribution in [2.24, 2.45) is 5.41 Å². The van der Waals surface area contributed by atoms with E-state index < -0.39 is 0 Å². The molecule has 23 heavy (non-hydrogen) atoms. The first-order valence-electron chi connectivity index (χ1n) is 7.80. The first kappa shape index (κ1) is 17.7. The Bertz CT molecular complexity index is 612. The van der Waals surface area contributed by atoms with Crippen molar-refractivity contribution in [3.63, 3.8) is 0 Å². The molecule has 0 radical (unpaired) electrons. The van der Waals surface area contributed by atoms with Crippen LogP contribution in [0.15, 0.2) is 34.8 Å². The zero-order chi connectivity index (χ0) is 17.0. The van der Waals surface area contributed by atoms with Crippen molar-refractivity contribution in [3.8, 4) is 0 Å². The Balaban J connectivity index is 1.92. The summed E-state index contributed by atoms with van der Waals surface area (Å²) in [5.41, 5.74) is 0.605. The molecule has 1 heterocycles. The van der Waals surface area contributed by atoms with Crippen molar-refractivity contribution in [1.29, 1.82) is 0 Å². The number of hydrogen-bond donors (Lipinski definition) is 0. The summed E-state index contributed by atoms with van der Waals surface area (Å²) in [4.78, 5) is 28.2. The van der Waals surface area contributed by atoms with Gasteiger partial charge in [0.2, 0.25) is 11.8 Å². The number of halogens is 1. The molecule has 2 amide bonds. The van der Waals surface area contributed by atoms with Crippen LogP contribution in [0.5, 0.6) is 0 Å². The van der Waals surface area contributed by atoms with Crippen molar-refractivity contribution in [3.05, 3.63) is 40.4 Å². The van der Waals surface area contributed by atoms with E-state index in [0.29, 0.717) is 26.2 Å². The molecule has 0 unspecified atom stereocenters. The van der Waals surface area contributed by atoms with Crippen molar-refractivity contribution in [2.45, 2.75) is 20.8 Å². The number of carbonyl (C=O) groups excluding carboxylic acids is 2. The fraction of sp³-hybridized carbons (Fsp3) is 0.444. The molecule has 124 valence electrons. The van der Waals surface area contributed by atoms with E-state index in [4.69, 9.17) is 0 Å². The molecule has 1 saturated heterocycles. The second-order valence-electron chi connectivity index (χ2n) is 6.72. The number of rotatable bonds is 2. The van der Waals surface area contributed by atoms with Gasteiger partial charge >= 0.3 is 0 Å². The van der Waals surface area contributed by atoms with Gasteiger partial charge in [-0.1, -0.05) is 54.9 Å². The molecule has 1 aliphatic heterocycles. The predicted octanol–water partition coefficient (Wildman–Crippen LogP) is 3.18. The third-order valence-corrected chi connectivity index (χ3v) is 4.55. The minimum absolute atomic E-state index is 0.0105. The van der Waals surface area contributed by atoms with Gasteiger partial charge in [0.1, 0.15) is 0 Å². The zero-order valence-electron chi connectivity index (χ0n) is 13.9. The Morgan fingerprint density at radius 3 is 2.17 bits per heavy atom. The molecule has 1 aromatic rings. The summed E-state index contributed by atoms with van der Waals surface area (Å²) >= 11 is 3.46. The lowest BCUT2D eigenvalue weighted by Crippen LogP contribution is -2.52. The highest BCUT2D eigenvalue weighted by Crippen LogP contribution is 2.19. The van der Waals surface area contributed by atoms with Gasteiger partial charge < -0.3 is 9.80 Å². The van der Waals surface area contributed by atoms with Crippen LogP contribution in [-0.2, 0) is 9.59 Å². The van der Waals surface area contributed by atoms with Crippen LogP contribution < -0.4 is 0 Å². The van der Waals surface area contributed by atoms with Crippen LogP contribution in [0.4, 0.5) is 0 Å². The number of hydrogen-bond acceptors (Lipinski definition) is 2. The summed E-state index contributed by atoms with van der Waals surface area (Å²) in [6.45, 7) is 8.14. The van der Waals surface area contributed by atoms with Gasteiger partial charge in [-0.3, -0.25) is 9.59 Å². The third kappa shape index (κ3) is 4.67. The Morgan fingerprint density at radius 2 is 1.61 bits per heavy atom. The lowest BCUT2D eigenvalue weighted by Gasteiger charge is -2.37. The highest BCUT2D eigenvalue weighted by atomic mass is 79.9. The molecule has 0 atom stereocenters. The van der Waals surface area contributed by atoms with Crippen molar-refractivity contribution in [2.75, 3.05) is 26.2 Å². The summed E-state index contributed by atoms with van der Waals surface area (Å²) in [6.07, 6.45) is 3.42. The van der Waals surface area contributed by atoms with Crippen LogP contribution in [0.3, 0.4) is 0 Å². The standard InChI is InChI=1S/C18H23BrN2O2/c1-18(2,3)17(23)21-12-10-20(11-13-21)16(22)9-8-14-6-4-5-7-15(14)19/h4-9H,10-13H2,1-3H3/b9-8+. The first-order chi connectivity index (χ1) is 10.8. The van der Waals surface area contributed by atoms with Gasteiger partial charge in [0.05, 0.1) is 0 Å². The Kier molecular flexibility index (Phi) is 5.63. The summed E-state index contributed by atoms with van der Waals surface area (Å²) in [5, 5.41) is 0. The van der Waals surface area contributed by atoms with Crippen LogP contribution in [0.1, 0.15) is 26.3 Å². The maximum Gasteiger partial charge on any atom is 0.246 e. The molecule has 2 rings (SSSR count). The molecule has 0 spiro atoms. The second kappa shape index (κ2) is 7.30. The van der Waals surface area contributed by atoms with Crippen LogP contribution in [0.25, 0.3) is 6.08 Å². The van der Waals surface area contributed by atoms with Gasteiger partial charge in [-0.25, -0.2) is 0 Å². The van der Waals surface area contributed by atoms with Crippen LogP contribution in [-0.4, -0.2) is 47.8 Å². The fourth-order valence-corrected chi connectivity index (χ4v) is 2.90. The third-order valence-electron chi connectivity index (χ3n) is 3.83. The molecule has 0 aromatic heterocycles. The topological polar surface area (TPSA) is 40.6 Å². The van der Waals surface area contributed by atoms with Gasteiger partial charge in [0.25, 0.3) is 0 Å². The van der Waals surface area contributed by atoms with Crippen molar-refractivity contribution >= 4 is 33.8 Å². The molecule has 0 aliphatic carbocycles. The van der Waals surface area contributed by atoms with E-state index in [1.165, 1.54) is 0 Å². The largest absolute Gasteiger partial charge is 0.339 e. The summed E-state index contributed by atoms with van der Waals surface area (Å²) < 4.78 is 0.963. The van der Waals surface area contributed by atoms with E-state index >= 15 is 0 Å². The van der Waals surface area contributed by atoms with E-state index in [-0.39, 0.29) is 17.2 Å². The minimum atomic E-state index is -0.369. The summed E-state index contributed by atoms with van der Waals surface area (Å²) in [5.74, 6) is 0.136. The average molecular weight is 379 g/mol. The monoisotopic (exact) mass is 378 g/mol. The maximum atomic E-state index is 12.3. The normalized spacial score (nSPS) is 16.0. The molecule has 4 nitrogen and oxygen atoms in total. The zero-order valence-corrected chi connectivity index (χ0v) is 15.5. The number of benzene rings is 1. The quantitative estimate of drug-likeness (QED) is 0.741. The molecular formula is C18H23BrN2O2. The van der Waals surface area contributed by atoms with Gasteiger partial charge in [-0.15, -0.1) is 0 Å². The molecule has 0 N–H and O–H groups in total. The van der Waals surface area contributed by atoms with E-state index in [1.807, 2.05) is 56.0 Å². The predicted molar refractivity (Wildman–Crippen MR) is 95.8 cm³/mol. The van der Waals surface area contributed by atoms with Crippen molar-refractivity contribution < 1.29 is 9.59 Å². The lowest BCUT2D eigenvalue weighted by atomic mass is 9.94. The van der Waals surface area contributed by atoms with Gasteiger partial charge in [-0.2, -0.15) is 0 Å².